The molecule has 1 amide bonds. The zero-order valence-electron chi connectivity index (χ0n) is 10.8. The third-order valence-electron chi connectivity index (χ3n) is 3.73. The van der Waals surface area contributed by atoms with Gasteiger partial charge in [-0.3, -0.25) is 4.79 Å². The van der Waals surface area contributed by atoms with Crippen LogP contribution in [-0.2, 0) is 4.79 Å². The number of nitrogens with one attached hydrogen (secondary N) is 1. The molecule has 2 heterocycles. The molecule has 0 bridgehead atoms. The molecule has 1 saturated heterocycles. The van der Waals surface area contributed by atoms with Gasteiger partial charge in [-0.25, -0.2) is 4.39 Å². The number of hydrogen-bond acceptors (Lipinski definition) is 2. The second kappa shape index (κ2) is 4.86. The van der Waals surface area contributed by atoms with Crippen molar-refractivity contribution < 1.29 is 9.18 Å². The molecule has 106 valence electrons. The topological polar surface area (TPSA) is 41.0 Å². The molecule has 0 radical (unpaired) electrons. The van der Waals surface area contributed by atoms with Crippen LogP contribution < -0.4 is 0 Å². The third kappa shape index (κ3) is 2.13. The van der Waals surface area contributed by atoms with Gasteiger partial charge in [0, 0.05) is 26.1 Å². The molecule has 1 aliphatic heterocycles. The average Bonchev–Trinajstić information content (AvgIpc) is 2.69. The number of halogens is 2. The van der Waals surface area contributed by atoms with Crippen molar-refractivity contribution in [1.82, 2.24) is 14.5 Å². The van der Waals surface area contributed by atoms with Crippen LogP contribution in [0.25, 0.3) is 11.0 Å². The van der Waals surface area contributed by atoms with Crippen molar-refractivity contribution in [2.75, 3.05) is 13.6 Å². The van der Waals surface area contributed by atoms with Crippen molar-refractivity contribution in [3.05, 3.63) is 27.7 Å². The van der Waals surface area contributed by atoms with Gasteiger partial charge in [0.25, 0.3) is 0 Å². The number of piperidine rings is 1. The fourth-order valence-electron chi connectivity index (χ4n) is 2.68. The Balaban J connectivity index is 2.12. The predicted molar refractivity (Wildman–Crippen MR) is 78.0 cm³/mol. The van der Waals surface area contributed by atoms with Gasteiger partial charge < -0.3 is 14.5 Å². The highest BCUT2D eigenvalue weighted by atomic mass is 35.5. The largest absolute Gasteiger partial charge is 0.344 e. The van der Waals surface area contributed by atoms with Crippen molar-refractivity contribution in [1.29, 1.82) is 0 Å². The highest BCUT2D eigenvalue weighted by Gasteiger charge is 2.26. The zero-order valence-corrected chi connectivity index (χ0v) is 12.4. The lowest BCUT2D eigenvalue weighted by Gasteiger charge is -2.30. The Bertz CT molecular complexity index is 754. The lowest BCUT2D eigenvalue weighted by Crippen LogP contribution is -2.37. The number of aromatic amines is 1. The number of fused-ring (bicyclic) bond motifs is 1. The first-order chi connectivity index (χ1) is 9.47. The maximum atomic E-state index is 13.5. The van der Waals surface area contributed by atoms with E-state index in [9.17, 15) is 9.18 Å². The lowest BCUT2D eigenvalue weighted by atomic mass is 10.1. The van der Waals surface area contributed by atoms with Crippen LogP contribution in [0.2, 0.25) is 5.02 Å². The Morgan fingerprint density at radius 3 is 2.95 bits per heavy atom. The molecular formula is C13H13ClFN3OS. The van der Waals surface area contributed by atoms with Gasteiger partial charge in [-0.05, 0) is 24.7 Å². The average molecular weight is 314 g/mol. The lowest BCUT2D eigenvalue weighted by molar-refractivity contribution is -0.132. The number of likely N-dealkylation sites (tertiary alicyclic amines) is 1. The summed E-state index contributed by atoms with van der Waals surface area (Å²) in [6.07, 6.45) is 1.21. The maximum Gasteiger partial charge on any atom is 0.222 e. The van der Waals surface area contributed by atoms with E-state index in [-0.39, 0.29) is 17.0 Å². The summed E-state index contributed by atoms with van der Waals surface area (Å²) in [7, 11) is 1.78. The first-order valence-corrected chi connectivity index (χ1v) is 7.09. The zero-order chi connectivity index (χ0) is 14.4. The van der Waals surface area contributed by atoms with Crippen LogP contribution in [0.15, 0.2) is 12.1 Å². The van der Waals surface area contributed by atoms with Gasteiger partial charge in [-0.1, -0.05) is 11.6 Å². The number of carbonyl (C=O) groups is 1. The molecule has 1 unspecified atom stereocenters. The number of hydrogen-bond donors (Lipinski definition) is 1. The van der Waals surface area contributed by atoms with E-state index in [1.54, 1.807) is 18.0 Å². The van der Waals surface area contributed by atoms with Crippen LogP contribution in [0.5, 0.6) is 0 Å². The number of imidazole rings is 1. The highest BCUT2D eigenvalue weighted by molar-refractivity contribution is 7.71. The van der Waals surface area contributed by atoms with Gasteiger partial charge in [0.1, 0.15) is 5.82 Å². The van der Waals surface area contributed by atoms with Crippen LogP contribution in [0.4, 0.5) is 4.39 Å². The van der Waals surface area contributed by atoms with E-state index in [1.807, 2.05) is 4.57 Å². The quantitative estimate of drug-likeness (QED) is 0.821. The Kier molecular flexibility index (Phi) is 3.30. The number of amides is 1. The number of nitrogens with zero attached hydrogens (tertiary/aromatic N) is 2. The van der Waals surface area contributed by atoms with Gasteiger partial charge >= 0.3 is 0 Å². The van der Waals surface area contributed by atoms with E-state index >= 15 is 0 Å². The number of likely N-dealkylation sites (N-methyl/N-ethyl adjacent to an activating group) is 1. The number of H-pyrrole nitrogens is 1. The smallest absolute Gasteiger partial charge is 0.222 e. The molecule has 4 nitrogen and oxygen atoms in total. The standard InChI is InChI=1S/C13H13ClFN3OS/c1-17-6-7(2-3-12(17)19)18-11-4-8(14)9(15)5-10(11)16-13(18)20/h4-5,7H,2-3,6H2,1H3,(H,16,20). The van der Waals surface area contributed by atoms with Crippen LogP contribution >= 0.6 is 23.8 Å². The minimum absolute atomic E-state index is 0.0699. The Morgan fingerprint density at radius 2 is 2.25 bits per heavy atom. The number of carbonyl (C=O) groups excluding carboxylic acids is 1. The van der Waals surface area contributed by atoms with Gasteiger partial charge in [-0.2, -0.15) is 0 Å². The Hall–Kier alpha value is -1.40. The van der Waals surface area contributed by atoms with Crippen molar-refractivity contribution in [3.8, 4) is 0 Å². The summed E-state index contributed by atoms with van der Waals surface area (Å²) in [4.78, 5) is 16.3. The summed E-state index contributed by atoms with van der Waals surface area (Å²) in [6.45, 7) is 0.592. The minimum atomic E-state index is -0.474. The molecular weight excluding hydrogens is 301 g/mol. The van der Waals surface area contributed by atoms with Crippen molar-refractivity contribution in [3.63, 3.8) is 0 Å². The molecule has 1 atom stereocenters. The van der Waals surface area contributed by atoms with Crippen LogP contribution in [-0.4, -0.2) is 34.0 Å². The van der Waals surface area contributed by atoms with Crippen molar-refractivity contribution in [2.45, 2.75) is 18.9 Å². The molecule has 3 rings (SSSR count). The second-order valence-corrected chi connectivity index (χ2v) is 5.84. The predicted octanol–water partition coefficient (Wildman–Crippen LogP) is 3.28. The van der Waals surface area contributed by atoms with E-state index in [2.05, 4.69) is 4.98 Å². The Morgan fingerprint density at radius 1 is 1.50 bits per heavy atom. The first-order valence-electron chi connectivity index (χ1n) is 6.30. The van der Waals surface area contributed by atoms with Gasteiger partial charge in [0.2, 0.25) is 5.91 Å². The number of rotatable bonds is 1. The fraction of sp³-hybridized carbons (Fsp3) is 0.385. The van der Waals surface area contributed by atoms with Gasteiger partial charge in [0.05, 0.1) is 22.1 Å². The summed E-state index contributed by atoms with van der Waals surface area (Å²) >= 11 is 11.2. The normalized spacial score (nSPS) is 19.9. The van der Waals surface area contributed by atoms with E-state index in [0.29, 0.717) is 23.3 Å². The molecule has 1 fully saturated rings. The molecule has 0 spiro atoms. The Labute approximate surface area is 125 Å². The minimum Gasteiger partial charge on any atom is -0.344 e. The molecule has 0 saturated carbocycles. The van der Waals surface area contributed by atoms with Crippen molar-refractivity contribution >= 4 is 40.8 Å². The van der Waals surface area contributed by atoms with E-state index in [4.69, 9.17) is 23.8 Å². The van der Waals surface area contributed by atoms with Crippen LogP contribution in [0.1, 0.15) is 18.9 Å². The summed E-state index contributed by atoms with van der Waals surface area (Å²) < 4.78 is 15.9. The maximum absolute atomic E-state index is 13.5. The van der Waals surface area contributed by atoms with E-state index < -0.39 is 5.82 Å². The summed E-state index contributed by atoms with van der Waals surface area (Å²) in [6, 6.07) is 3.01. The van der Waals surface area contributed by atoms with Crippen molar-refractivity contribution in [2.24, 2.45) is 0 Å². The molecule has 1 aromatic heterocycles. The molecule has 1 N–H and O–H groups in total. The van der Waals surface area contributed by atoms with Crippen LogP contribution in [0, 0.1) is 10.6 Å². The summed E-state index contributed by atoms with van der Waals surface area (Å²) in [5, 5.41) is 0.0699. The van der Waals surface area contributed by atoms with Gasteiger partial charge in [0.15, 0.2) is 4.77 Å². The highest BCUT2D eigenvalue weighted by Crippen LogP contribution is 2.29. The second-order valence-electron chi connectivity index (χ2n) is 5.05. The van der Waals surface area contributed by atoms with Crippen LogP contribution in [0.3, 0.4) is 0 Å². The monoisotopic (exact) mass is 313 g/mol. The summed E-state index contributed by atoms with van der Waals surface area (Å²) in [5.74, 6) is -0.338. The third-order valence-corrected chi connectivity index (χ3v) is 4.31. The fourth-order valence-corrected chi connectivity index (χ4v) is 3.20. The first kappa shape index (κ1) is 13.6. The molecule has 1 aliphatic rings. The van der Waals surface area contributed by atoms with E-state index in [1.165, 1.54) is 6.07 Å². The number of aromatic nitrogens is 2. The van der Waals surface area contributed by atoms with Gasteiger partial charge in [-0.15, -0.1) is 0 Å². The molecule has 0 aliphatic carbocycles. The molecule has 1 aromatic carbocycles. The molecule has 20 heavy (non-hydrogen) atoms. The van der Waals surface area contributed by atoms with E-state index in [0.717, 1.165) is 11.9 Å². The molecule has 7 heteroatoms. The SMILES string of the molecule is CN1CC(n2c(=S)[nH]c3cc(F)c(Cl)cc32)CCC1=O. The summed E-state index contributed by atoms with van der Waals surface area (Å²) in [5.41, 5.74) is 1.39. The number of benzene rings is 1. The molecule has 2 aromatic rings.